The lowest BCUT2D eigenvalue weighted by Crippen LogP contribution is -2.14. The van der Waals surface area contributed by atoms with E-state index in [1.54, 1.807) is 6.08 Å². The van der Waals surface area contributed by atoms with Crippen LogP contribution >= 0.6 is 27.5 Å². The van der Waals surface area contributed by atoms with Gasteiger partial charge in [0.15, 0.2) is 0 Å². The van der Waals surface area contributed by atoms with Crippen molar-refractivity contribution in [2.24, 2.45) is 0 Å². The van der Waals surface area contributed by atoms with E-state index >= 15 is 0 Å². The van der Waals surface area contributed by atoms with Crippen molar-refractivity contribution in [1.29, 1.82) is 0 Å². The zero-order valence-corrected chi connectivity index (χ0v) is 12.2. The summed E-state index contributed by atoms with van der Waals surface area (Å²) in [5, 5.41) is 3.36. The molecule has 0 aromatic heterocycles. The molecule has 2 nitrogen and oxygen atoms in total. The molecule has 1 aromatic rings. The van der Waals surface area contributed by atoms with Gasteiger partial charge >= 0.3 is 0 Å². The van der Waals surface area contributed by atoms with Crippen LogP contribution < -0.4 is 10.1 Å². The second-order valence-electron chi connectivity index (χ2n) is 3.60. The molecule has 0 aliphatic rings. The molecule has 0 atom stereocenters. The summed E-state index contributed by atoms with van der Waals surface area (Å²) in [6, 6.07) is 6.01. The van der Waals surface area contributed by atoms with Gasteiger partial charge in [0.1, 0.15) is 12.4 Å². The molecular formula is C13H17BrClNO. The highest BCUT2D eigenvalue weighted by Crippen LogP contribution is 2.23. The molecule has 0 heterocycles. The van der Waals surface area contributed by atoms with Crippen molar-refractivity contribution >= 4 is 27.5 Å². The van der Waals surface area contributed by atoms with Crippen LogP contribution in [0.15, 0.2) is 34.3 Å². The van der Waals surface area contributed by atoms with Crippen molar-refractivity contribution in [2.75, 3.05) is 13.2 Å². The normalized spacial score (nSPS) is 11.0. The molecule has 94 valence electrons. The van der Waals surface area contributed by atoms with Gasteiger partial charge in [-0.05, 0) is 37.2 Å². The Morgan fingerprint density at radius 1 is 1.47 bits per heavy atom. The first-order valence-electron chi connectivity index (χ1n) is 5.65. The highest BCUT2D eigenvalue weighted by atomic mass is 79.9. The maximum atomic E-state index is 5.63. The monoisotopic (exact) mass is 317 g/mol. The van der Waals surface area contributed by atoms with Gasteiger partial charge in [-0.15, -0.1) is 0 Å². The molecule has 0 unspecified atom stereocenters. The lowest BCUT2D eigenvalue weighted by Gasteiger charge is -2.11. The highest BCUT2D eigenvalue weighted by molar-refractivity contribution is 9.10. The van der Waals surface area contributed by atoms with E-state index < -0.39 is 0 Å². The predicted octanol–water partition coefficient (Wildman–Crippen LogP) is 4.08. The molecule has 4 heteroatoms. The summed E-state index contributed by atoms with van der Waals surface area (Å²) < 4.78 is 6.69. The Labute approximate surface area is 116 Å². The zero-order chi connectivity index (χ0) is 12.5. The summed E-state index contributed by atoms with van der Waals surface area (Å²) in [7, 11) is 0. The van der Waals surface area contributed by atoms with Gasteiger partial charge in [0.05, 0.1) is 0 Å². The van der Waals surface area contributed by atoms with Crippen LogP contribution in [0.4, 0.5) is 0 Å². The summed E-state index contributed by atoms with van der Waals surface area (Å²) in [6.45, 7) is 4.46. The van der Waals surface area contributed by atoms with Crippen LogP contribution in [0.3, 0.4) is 0 Å². The van der Waals surface area contributed by atoms with Gasteiger partial charge in [-0.1, -0.05) is 34.5 Å². The molecule has 1 N–H and O–H groups in total. The quantitative estimate of drug-likeness (QED) is 0.765. The van der Waals surface area contributed by atoms with Crippen LogP contribution in [-0.4, -0.2) is 13.2 Å². The summed E-state index contributed by atoms with van der Waals surface area (Å²) in [5.41, 5.74) is 2.62. The Kier molecular flexibility index (Phi) is 7.33. The number of rotatable bonds is 7. The second-order valence-corrected chi connectivity index (χ2v) is 4.77. The van der Waals surface area contributed by atoms with Crippen molar-refractivity contribution < 1.29 is 4.74 Å². The summed E-state index contributed by atoms with van der Waals surface area (Å²) in [5.74, 6) is 0.895. The van der Waals surface area contributed by atoms with Gasteiger partial charge in [0, 0.05) is 22.1 Å². The SMILES string of the molecule is CCCNCc1cc(Br)ccc1OC/C=C/Cl. The molecule has 0 fully saturated rings. The number of nitrogens with one attached hydrogen (secondary N) is 1. The Morgan fingerprint density at radius 2 is 2.29 bits per heavy atom. The largest absolute Gasteiger partial charge is 0.489 e. The van der Waals surface area contributed by atoms with Gasteiger partial charge in [0.25, 0.3) is 0 Å². The first kappa shape index (κ1) is 14.6. The third-order valence-corrected chi connectivity index (χ3v) is 2.86. The Morgan fingerprint density at radius 3 is 3.00 bits per heavy atom. The third-order valence-electron chi connectivity index (χ3n) is 2.19. The minimum atomic E-state index is 0.492. The van der Waals surface area contributed by atoms with E-state index in [0.29, 0.717) is 6.61 Å². The standard InChI is InChI=1S/C13H17BrClNO/c1-2-7-16-10-11-9-12(14)4-5-13(11)17-8-3-6-15/h3-6,9,16H,2,7-8,10H2,1H3/b6-3+. The van der Waals surface area contributed by atoms with Crippen LogP contribution in [0, 0.1) is 0 Å². The maximum Gasteiger partial charge on any atom is 0.124 e. The first-order valence-corrected chi connectivity index (χ1v) is 6.88. The number of ether oxygens (including phenoxy) is 1. The molecule has 1 aromatic carbocycles. The van der Waals surface area contributed by atoms with Crippen LogP contribution in [-0.2, 0) is 6.54 Å². The van der Waals surface area contributed by atoms with E-state index in [0.717, 1.165) is 35.3 Å². The average molecular weight is 319 g/mol. The van der Waals surface area contributed by atoms with E-state index in [1.165, 1.54) is 5.54 Å². The summed E-state index contributed by atoms with van der Waals surface area (Å²) in [6.07, 6.45) is 2.89. The summed E-state index contributed by atoms with van der Waals surface area (Å²) >= 11 is 8.92. The fraction of sp³-hybridized carbons (Fsp3) is 0.385. The molecule has 17 heavy (non-hydrogen) atoms. The van der Waals surface area contributed by atoms with Gasteiger partial charge in [-0.25, -0.2) is 0 Å². The molecule has 1 rings (SSSR count). The van der Waals surface area contributed by atoms with E-state index in [4.69, 9.17) is 16.3 Å². The Bertz CT molecular complexity index is 368. The second kappa shape index (κ2) is 8.56. The molecule has 0 aliphatic carbocycles. The average Bonchev–Trinajstić information content (AvgIpc) is 2.32. The van der Waals surface area contributed by atoms with E-state index in [-0.39, 0.29) is 0 Å². The van der Waals surface area contributed by atoms with Gasteiger partial charge in [-0.2, -0.15) is 0 Å². The van der Waals surface area contributed by atoms with Crippen LogP contribution in [0.1, 0.15) is 18.9 Å². The molecular weight excluding hydrogens is 302 g/mol. The number of benzene rings is 1. The molecule has 0 radical (unpaired) electrons. The van der Waals surface area contributed by atoms with Crippen molar-refractivity contribution in [3.8, 4) is 5.75 Å². The number of halogens is 2. The lowest BCUT2D eigenvalue weighted by molar-refractivity contribution is 0.357. The van der Waals surface area contributed by atoms with E-state index in [9.17, 15) is 0 Å². The summed E-state index contributed by atoms with van der Waals surface area (Å²) in [4.78, 5) is 0. The van der Waals surface area contributed by atoms with Crippen LogP contribution in [0.5, 0.6) is 5.75 Å². The van der Waals surface area contributed by atoms with Crippen molar-refractivity contribution in [2.45, 2.75) is 19.9 Å². The minimum absolute atomic E-state index is 0.492. The minimum Gasteiger partial charge on any atom is -0.489 e. The molecule has 0 bridgehead atoms. The first-order chi connectivity index (χ1) is 8.27. The zero-order valence-electron chi connectivity index (χ0n) is 9.88. The van der Waals surface area contributed by atoms with Crippen molar-refractivity contribution in [3.05, 3.63) is 39.8 Å². The van der Waals surface area contributed by atoms with Gasteiger partial charge < -0.3 is 10.1 Å². The molecule has 0 amide bonds. The van der Waals surface area contributed by atoms with Gasteiger partial charge in [0.2, 0.25) is 0 Å². The molecule has 0 saturated heterocycles. The molecule has 0 aliphatic heterocycles. The third kappa shape index (κ3) is 5.57. The van der Waals surface area contributed by atoms with Crippen molar-refractivity contribution in [1.82, 2.24) is 5.32 Å². The predicted molar refractivity (Wildman–Crippen MR) is 76.6 cm³/mol. The maximum absolute atomic E-state index is 5.63. The van der Waals surface area contributed by atoms with Crippen LogP contribution in [0.25, 0.3) is 0 Å². The molecule has 0 spiro atoms. The Balaban J connectivity index is 2.65. The molecule has 0 saturated carbocycles. The van der Waals surface area contributed by atoms with Crippen molar-refractivity contribution in [3.63, 3.8) is 0 Å². The van der Waals surface area contributed by atoms with Crippen LogP contribution in [0.2, 0.25) is 0 Å². The topological polar surface area (TPSA) is 21.3 Å². The highest BCUT2D eigenvalue weighted by Gasteiger charge is 2.03. The van der Waals surface area contributed by atoms with Gasteiger partial charge in [-0.3, -0.25) is 0 Å². The van der Waals surface area contributed by atoms with E-state index in [1.807, 2.05) is 12.1 Å². The smallest absolute Gasteiger partial charge is 0.124 e. The number of hydrogen-bond acceptors (Lipinski definition) is 2. The van der Waals surface area contributed by atoms with E-state index in [2.05, 4.69) is 34.2 Å². The lowest BCUT2D eigenvalue weighted by atomic mass is 10.2. The fourth-order valence-corrected chi connectivity index (χ4v) is 1.88. The fourth-order valence-electron chi connectivity index (χ4n) is 1.40. The number of hydrogen-bond donors (Lipinski definition) is 1. The Hall–Kier alpha value is -0.510.